The summed E-state index contributed by atoms with van der Waals surface area (Å²) in [5, 5.41) is 0.180. The van der Waals surface area contributed by atoms with E-state index >= 15 is 0 Å². The van der Waals surface area contributed by atoms with Gasteiger partial charge in [-0.05, 0) is 25.1 Å². The lowest BCUT2D eigenvalue weighted by Gasteiger charge is -2.17. The second-order valence-corrected chi connectivity index (χ2v) is 8.54. The van der Waals surface area contributed by atoms with Crippen molar-refractivity contribution in [2.24, 2.45) is 5.92 Å². The third-order valence-corrected chi connectivity index (χ3v) is 5.88. The molecule has 0 amide bonds. The molecule has 0 radical (unpaired) electrons. The Morgan fingerprint density at radius 1 is 1.21 bits per heavy atom. The van der Waals surface area contributed by atoms with E-state index in [0.717, 1.165) is 17.8 Å². The van der Waals surface area contributed by atoms with Gasteiger partial charge in [-0.25, -0.2) is 13.4 Å². The molecule has 0 fully saturated rings. The third kappa shape index (κ3) is 4.68. The van der Waals surface area contributed by atoms with Gasteiger partial charge in [-0.2, -0.15) is 0 Å². The lowest BCUT2D eigenvalue weighted by atomic mass is 10.2. The average Bonchev–Trinajstić information content (AvgIpc) is 2.90. The van der Waals surface area contributed by atoms with Crippen molar-refractivity contribution in [3.8, 4) is 0 Å². The van der Waals surface area contributed by atoms with E-state index in [9.17, 15) is 8.42 Å². The number of benzene rings is 1. The lowest BCUT2D eigenvalue weighted by Crippen LogP contribution is -2.22. The molecule has 132 valence electrons. The van der Waals surface area contributed by atoms with Gasteiger partial charge in [0.2, 0.25) is 15.0 Å². The molecule has 1 aromatic heterocycles. The first-order valence-corrected chi connectivity index (χ1v) is 9.98. The van der Waals surface area contributed by atoms with Crippen LogP contribution in [0.25, 0.3) is 0 Å². The molecular formula is C18H27N3O2S. The molecule has 5 nitrogen and oxygen atoms in total. The van der Waals surface area contributed by atoms with E-state index in [-0.39, 0.29) is 16.8 Å². The van der Waals surface area contributed by atoms with Crippen LogP contribution in [0.5, 0.6) is 0 Å². The maximum Gasteiger partial charge on any atom is 0.228 e. The van der Waals surface area contributed by atoms with E-state index in [2.05, 4.69) is 16.8 Å². The highest BCUT2D eigenvalue weighted by Gasteiger charge is 2.24. The Bertz CT molecular complexity index is 752. The van der Waals surface area contributed by atoms with Crippen molar-refractivity contribution >= 4 is 9.84 Å². The molecule has 2 rings (SSSR count). The van der Waals surface area contributed by atoms with Crippen LogP contribution >= 0.6 is 0 Å². The van der Waals surface area contributed by atoms with Gasteiger partial charge in [0, 0.05) is 6.54 Å². The minimum Gasteiger partial charge on any atom is -0.313 e. The molecule has 0 atom stereocenters. The Morgan fingerprint density at radius 3 is 2.46 bits per heavy atom. The second kappa shape index (κ2) is 7.94. The standard InChI is InChI=1S/C18H27N3O2S/c1-5-20(4)13-17-11-19-18(24(22,23)14-15(2)3)21(17)12-16-9-7-6-8-10-16/h6-11,15H,5,12-14H2,1-4H3. The van der Waals surface area contributed by atoms with Crippen molar-refractivity contribution in [2.45, 2.75) is 39.0 Å². The molecule has 0 N–H and O–H groups in total. The largest absolute Gasteiger partial charge is 0.313 e. The smallest absolute Gasteiger partial charge is 0.228 e. The lowest BCUT2D eigenvalue weighted by molar-refractivity contribution is 0.334. The van der Waals surface area contributed by atoms with Crippen molar-refractivity contribution in [3.05, 3.63) is 47.8 Å². The summed E-state index contributed by atoms with van der Waals surface area (Å²) in [6.07, 6.45) is 1.70. The van der Waals surface area contributed by atoms with Gasteiger partial charge in [0.05, 0.1) is 24.2 Å². The maximum absolute atomic E-state index is 12.7. The highest BCUT2D eigenvalue weighted by molar-refractivity contribution is 7.91. The van der Waals surface area contributed by atoms with Gasteiger partial charge in [-0.3, -0.25) is 0 Å². The summed E-state index contributed by atoms with van der Waals surface area (Å²) >= 11 is 0. The van der Waals surface area contributed by atoms with Crippen LogP contribution in [0.4, 0.5) is 0 Å². The number of imidazole rings is 1. The molecule has 0 unspecified atom stereocenters. The Labute approximate surface area is 145 Å². The molecule has 0 saturated heterocycles. The Morgan fingerprint density at radius 2 is 1.88 bits per heavy atom. The van der Waals surface area contributed by atoms with Crippen LogP contribution in [0.1, 0.15) is 32.0 Å². The topological polar surface area (TPSA) is 55.2 Å². The average molecular weight is 350 g/mol. The zero-order valence-corrected chi connectivity index (χ0v) is 15.8. The van der Waals surface area contributed by atoms with Gasteiger partial charge in [0.15, 0.2) is 0 Å². The first kappa shape index (κ1) is 18.7. The number of hydrogen-bond donors (Lipinski definition) is 0. The van der Waals surface area contributed by atoms with Gasteiger partial charge in [-0.15, -0.1) is 0 Å². The van der Waals surface area contributed by atoms with Gasteiger partial charge < -0.3 is 9.47 Å². The highest BCUT2D eigenvalue weighted by atomic mass is 32.2. The van der Waals surface area contributed by atoms with Crippen molar-refractivity contribution in [1.29, 1.82) is 0 Å². The normalized spacial score (nSPS) is 12.2. The second-order valence-electron chi connectivity index (χ2n) is 6.61. The van der Waals surface area contributed by atoms with E-state index in [1.54, 1.807) is 6.20 Å². The SMILES string of the molecule is CCN(C)Cc1cnc(S(=O)(=O)CC(C)C)n1Cc1ccccc1. The van der Waals surface area contributed by atoms with E-state index in [1.807, 2.05) is 55.8 Å². The Balaban J connectivity index is 2.43. The van der Waals surface area contributed by atoms with E-state index in [1.165, 1.54) is 0 Å². The maximum atomic E-state index is 12.7. The molecule has 0 bridgehead atoms. The molecule has 2 aromatic rings. The predicted molar refractivity (Wildman–Crippen MR) is 96.7 cm³/mol. The number of aromatic nitrogens is 2. The Kier molecular flexibility index (Phi) is 6.18. The van der Waals surface area contributed by atoms with Gasteiger partial charge in [0.25, 0.3) is 0 Å². The highest BCUT2D eigenvalue weighted by Crippen LogP contribution is 2.18. The van der Waals surface area contributed by atoms with E-state index in [0.29, 0.717) is 13.1 Å². The van der Waals surface area contributed by atoms with Crippen LogP contribution in [0.3, 0.4) is 0 Å². The summed E-state index contributed by atoms with van der Waals surface area (Å²) in [7, 11) is -1.38. The molecule has 6 heteroatoms. The molecule has 24 heavy (non-hydrogen) atoms. The number of sulfone groups is 1. The molecule has 0 aliphatic rings. The molecular weight excluding hydrogens is 322 g/mol. The summed E-state index contributed by atoms with van der Waals surface area (Å²) in [4.78, 5) is 6.41. The zero-order valence-electron chi connectivity index (χ0n) is 14.9. The van der Waals surface area contributed by atoms with Crippen molar-refractivity contribution in [1.82, 2.24) is 14.5 Å². The van der Waals surface area contributed by atoms with Gasteiger partial charge >= 0.3 is 0 Å². The molecule has 0 spiro atoms. The first-order valence-electron chi connectivity index (χ1n) is 8.33. The van der Waals surface area contributed by atoms with Crippen LogP contribution in [-0.2, 0) is 22.9 Å². The quantitative estimate of drug-likeness (QED) is 0.735. The fraction of sp³-hybridized carbons (Fsp3) is 0.500. The van der Waals surface area contributed by atoms with Crippen molar-refractivity contribution in [2.75, 3.05) is 19.3 Å². The van der Waals surface area contributed by atoms with Crippen LogP contribution in [0, 0.1) is 5.92 Å². The van der Waals surface area contributed by atoms with Crippen LogP contribution < -0.4 is 0 Å². The summed E-state index contributed by atoms with van der Waals surface area (Å²) in [5.74, 6) is 0.181. The first-order chi connectivity index (χ1) is 11.3. The van der Waals surface area contributed by atoms with Crippen molar-refractivity contribution in [3.63, 3.8) is 0 Å². The fourth-order valence-electron chi connectivity index (χ4n) is 2.60. The van der Waals surface area contributed by atoms with Crippen LogP contribution in [0.2, 0.25) is 0 Å². The Hall–Kier alpha value is -1.66. The zero-order chi connectivity index (χ0) is 17.7. The minimum absolute atomic E-state index is 0.0682. The van der Waals surface area contributed by atoms with Crippen molar-refractivity contribution < 1.29 is 8.42 Å². The summed E-state index contributed by atoms with van der Waals surface area (Å²) in [5.41, 5.74) is 1.99. The summed E-state index contributed by atoms with van der Waals surface area (Å²) in [6.45, 7) is 7.98. The predicted octanol–water partition coefficient (Wildman–Crippen LogP) is 2.81. The monoisotopic (exact) mass is 349 g/mol. The summed E-state index contributed by atoms with van der Waals surface area (Å²) in [6, 6.07) is 9.90. The van der Waals surface area contributed by atoms with E-state index < -0.39 is 9.84 Å². The minimum atomic E-state index is -3.40. The number of hydrogen-bond acceptors (Lipinski definition) is 4. The number of nitrogens with zero attached hydrogens (tertiary/aromatic N) is 3. The van der Waals surface area contributed by atoms with Gasteiger partial charge in [0.1, 0.15) is 0 Å². The molecule has 0 saturated carbocycles. The summed E-state index contributed by atoms with van der Waals surface area (Å²) < 4.78 is 27.3. The third-order valence-electron chi connectivity index (χ3n) is 3.89. The fourth-order valence-corrected chi connectivity index (χ4v) is 4.36. The molecule has 1 aromatic carbocycles. The molecule has 0 aliphatic heterocycles. The van der Waals surface area contributed by atoms with Crippen LogP contribution in [0.15, 0.2) is 41.7 Å². The molecule has 0 aliphatic carbocycles. The van der Waals surface area contributed by atoms with E-state index in [4.69, 9.17) is 0 Å². The van der Waals surface area contributed by atoms with Gasteiger partial charge in [-0.1, -0.05) is 51.1 Å². The van der Waals surface area contributed by atoms with Crippen LogP contribution in [-0.4, -0.2) is 42.2 Å². The number of rotatable bonds is 8. The molecule has 1 heterocycles.